The number of unbranched alkanes of at least 4 members (excludes halogenated alkanes) is 1. The van der Waals surface area contributed by atoms with Crippen LogP contribution in [-0.2, 0) is 6.54 Å². The number of rotatable bonds is 6. The number of pyridine rings is 1. The van der Waals surface area contributed by atoms with E-state index in [0.29, 0.717) is 17.6 Å². The number of anilines is 1. The fourth-order valence-corrected chi connectivity index (χ4v) is 2.53. The molecule has 0 saturated heterocycles. The summed E-state index contributed by atoms with van der Waals surface area (Å²) in [6.07, 6.45) is 1.72. The predicted octanol–water partition coefficient (Wildman–Crippen LogP) is 3.53. The lowest BCUT2D eigenvalue weighted by atomic mass is 10.1. The second-order valence-corrected chi connectivity index (χ2v) is 5.61. The van der Waals surface area contributed by atoms with E-state index in [2.05, 4.69) is 5.32 Å². The summed E-state index contributed by atoms with van der Waals surface area (Å²) in [5, 5.41) is 15.2. The van der Waals surface area contributed by atoms with Crippen LogP contribution < -0.4 is 10.9 Å². The maximum atomic E-state index is 12.6. The standard InChI is InChI=1S/C16H21N3O3/c1-4-5-10-18-13-9-7-6-8-12(13)14(17-11(2)3)15(16(18)20)19(21)22/h6-9,11,17H,4-5,10H2,1-3H3. The Balaban J connectivity index is 2.84. The van der Waals surface area contributed by atoms with Crippen LogP contribution in [0, 0.1) is 10.1 Å². The Morgan fingerprint density at radius 2 is 2.00 bits per heavy atom. The summed E-state index contributed by atoms with van der Waals surface area (Å²) in [5.74, 6) is 0. The molecule has 2 aromatic rings. The molecule has 0 fully saturated rings. The first kappa shape index (κ1) is 16.0. The lowest BCUT2D eigenvalue weighted by Gasteiger charge is -2.16. The van der Waals surface area contributed by atoms with Crippen LogP contribution >= 0.6 is 0 Å². The van der Waals surface area contributed by atoms with E-state index in [-0.39, 0.29) is 11.7 Å². The van der Waals surface area contributed by atoms with Crippen molar-refractivity contribution in [2.75, 3.05) is 5.32 Å². The zero-order valence-electron chi connectivity index (χ0n) is 13.1. The summed E-state index contributed by atoms with van der Waals surface area (Å²) < 4.78 is 1.52. The molecule has 118 valence electrons. The highest BCUT2D eigenvalue weighted by molar-refractivity contribution is 5.96. The van der Waals surface area contributed by atoms with E-state index in [1.54, 1.807) is 0 Å². The van der Waals surface area contributed by atoms with Crippen molar-refractivity contribution in [3.8, 4) is 0 Å². The number of nitrogens with one attached hydrogen (secondary N) is 1. The van der Waals surface area contributed by atoms with Crippen molar-refractivity contribution in [2.45, 2.75) is 46.2 Å². The van der Waals surface area contributed by atoms with Crippen molar-refractivity contribution >= 4 is 22.3 Å². The van der Waals surface area contributed by atoms with Crippen molar-refractivity contribution < 1.29 is 4.92 Å². The third-order valence-electron chi connectivity index (χ3n) is 3.50. The van der Waals surface area contributed by atoms with Crippen molar-refractivity contribution in [3.05, 3.63) is 44.7 Å². The average Bonchev–Trinajstić information content (AvgIpc) is 2.46. The van der Waals surface area contributed by atoms with Gasteiger partial charge in [-0.1, -0.05) is 31.5 Å². The minimum absolute atomic E-state index is 0.00648. The molecule has 6 nitrogen and oxygen atoms in total. The second kappa shape index (κ2) is 6.60. The van der Waals surface area contributed by atoms with Gasteiger partial charge in [0.1, 0.15) is 5.69 Å². The monoisotopic (exact) mass is 303 g/mol. The molecular formula is C16H21N3O3. The highest BCUT2D eigenvalue weighted by Crippen LogP contribution is 2.30. The first-order valence-electron chi connectivity index (χ1n) is 7.53. The van der Waals surface area contributed by atoms with Gasteiger partial charge in [-0.3, -0.25) is 14.9 Å². The Hall–Kier alpha value is -2.37. The molecule has 0 spiro atoms. The molecule has 2 rings (SSSR count). The largest absolute Gasteiger partial charge is 0.377 e. The molecule has 0 aliphatic rings. The number of benzene rings is 1. The van der Waals surface area contributed by atoms with Crippen LogP contribution in [0.25, 0.3) is 10.9 Å². The van der Waals surface area contributed by atoms with Gasteiger partial charge in [0, 0.05) is 18.0 Å². The lowest BCUT2D eigenvalue weighted by Crippen LogP contribution is -2.26. The van der Waals surface area contributed by atoms with Gasteiger partial charge in [0.15, 0.2) is 0 Å². The smallest absolute Gasteiger partial charge is 0.357 e. The number of nitrogens with zero attached hydrogens (tertiary/aromatic N) is 2. The Morgan fingerprint density at radius 3 is 2.59 bits per heavy atom. The summed E-state index contributed by atoms with van der Waals surface area (Å²) in [7, 11) is 0. The summed E-state index contributed by atoms with van der Waals surface area (Å²) in [5.41, 5.74) is 0.131. The second-order valence-electron chi connectivity index (χ2n) is 5.61. The summed E-state index contributed by atoms with van der Waals surface area (Å²) in [6, 6.07) is 7.31. The van der Waals surface area contributed by atoms with Crippen LogP contribution in [0.3, 0.4) is 0 Å². The zero-order chi connectivity index (χ0) is 16.3. The number of aromatic nitrogens is 1. The van der Waals surface area contributed by atoms with Gasteiger partial charge in [0.05, 0.1) is 10.4 Å². The number of para-hydroxylation sites is 1. The molecule has 1 aromatic heterocycles. The van der Waals surface area contributed by atoms with E-state index in [0.717, 1.165) is 18.4 Å². The zero-order valence-corrected chi connectivity index (χ0v) is 13.1. The van der Waals surface area contributed by atoms with E-state index in [1.807, 2.05) is 45.0 Å². The fourth-order valence-electron chi connectivity index (χ4n) is 2.53. The molecule has 0 amide bonds. The number of nitro groups is 1. The predicted molar refractivity (Wildman–Crippen MR) is 88.5 cm³/mol. The first-order valence-corrected chi connectivity index (χ1v) is 7.53. The first-order chi connectivity index (χ1) is 10.5. The van der Waals surface area contributed by atoms with Crippen LogP contribution in [0.5, 0.6) is 0 Å². The van der Waals surface area contributed by atoms with Gasteiger partial charge in [-0.25, -0.2) is 0 Å². The fraction of sp³-hybridized carbons (Fsp3) is 0.438. The van der Waals surface area contributed by atoms with E-state index in [1.165, 1.54) is 4.57 Å². The number of fused-ring (bicyclic) bond motifs is 1. The van der Waals surface area contributed by atoms with Crippen LogP contribution in [0.15, 0.2) is 29.1 Å². The molecular weight excluding hydrogens is 282 g/mol. The van der Waals surface area contributed by atoms with E-state index in [4.69, 9.17) is 0 Å². The van der Waals surface area contributed by atoms with Crippen molar-refractivity contribution in [1.82, 2.24) is 4.57 Å². The maximum Gasteiger partial charge on any atom is 0.357 e. The molecule has 22 heavy (non-hydrogen) atoms. The molecule has 0 bridgehead atoms. The Morgan fingerprint density at radius 1 is 1.32 bits per heavy atom. The molecule has 0 atom stereocenters. The highest BCUT2D eigenvalue weighted by Gasteiger charge is 2.25. The molecule has 1 heterocycles. The average molecular weight is 303 g/mol. The Bertz CT molecular complexity index is 750. The number of hydrogen-bond donors (Lipinski definition) is 1. The van der Waals surface area contributed by atoms with Crippen molar-refractivity contribution in [1.29, 1.82) is 0 Å². The quantitative estimate of drug-likeness (QED) is 0.654. The highest BCUT2D eigenvalue weighted by atomic mass is 16.6. The van der Waals surface area contributed by atoms with Gasteiger partial charge in [-0.15, -0.1) is 0 Å². The molecule has 0 saturated carbocycles. The lowest BCUT2D eigenvalue weighted by molar-refractivity contribution is -0.385. The third-order valence-corrected chi connectivity index (χ3v) is 3.50. The van der Waals surface area contributed by atoms with Gasteiger partial charge in [-0.2, -0.15) is 0 Å². The van der Waals surface area contributed by atoms with Crippen LogP contribution in [-0.4, -0.2) is 15.5 Å². The summed E-state index contributed by atoms with van der Waals surface area (Å²) in [6.45, 7) is 6.29. The van der Waals surface area contributed by atoms with Gasteiger partial charge < -0.3 is 9.88 Å². The minimum atomic E-state index is -0.581. The molecule has 1 N–H and O–H groups in total. The molecule has 6 heteroatoms. The van der Waals surface area contributed by atoms with Gasteiger partial charge in [0.25, 0.3) is 0 Å². The minimum Gasteiger partial charge on any atom is -0.377 e. The van der Waals surface area contributed by atoms with Crippen molar-refractivity contribution in [2.24, 2.45) is 0 Å². The van der Waals surface area contributed by atoms with E-state index >= 15 is 0 Å². The van der Waals surface area contributed by atoms with E-state index in [9.17, 15) is 14.9 Å². The SMILES string of the molecule is CCCCn1c(=O)c([N+](=O)[O-])c(NC(C)C)c2ccccc21. The van der Waals surface area contributed by atoms with Crippen LogP contribution in [0.2, 0.25) is 0 Å². The normalized spacial score (nSPS) is 11.1. The van der Waals surface area contributed by atoms with Gasteiger partial charge >= 0.3 is 11.2 Å². The molecule has 0 unspecified atom stereocenters. The third kappa shape index (κ3) is 2.95. The Kier molecular flexibility index (Phi) is 4.80. The Labute approximate surface area is 128 Å². The summed E-state index contributed by atoms with van der Waals surface area (Å²) >= 11 is 0. The molecule has 0 radical (unpaired) electrons. The van der Waals surface area contributed by atoms with Gasteiger partial charge in [0.2, 0.25) is 0 Å². The van der Waals surface area contributed by atoms with Crippen LogP contribution in [0.1, 0.15) is 33.6 Å². The van der Waals surface area contributed by atoms with Crippen LogP contribution in [0.4, 0.5) is 11.4 Å². The molecule has 1 aromatic carbocycles. The van der Waals surface area contributed by atoms with E-state index < -0.39 is 10.5 Å². The number of hydrogen-bond acceptors (Lipinski definition) is 4. The summed E-state index contributed by atoms with van der Waals surface area (Å²) in [4.78, 5) is 23.5. The van der Waals surface area contributed by atoms with Crippen molar-refractivity contribution in [3.63, 3.8) is 0 Å². The number of aryl methyl sites for hydroxylation is 1. The maximum absolute atomic E-state index is 12.6. The molecule has 0 aliphatic carbocycles. The topological polar surface area (TPSA) is 77.2 Å². The molecule has 0 aliphatic heterocycles. The van der Waals surface area contributed by atoms with Gasteiger partial charge in [-0.05, 0) is 26.3 Å².